The van der Waals surface area contributed by atoms with Crippen LogP contribution in [0.3, 0.4) is 0 Å². The molecule has 1 rings (SSSR count). The molecule has 0 bridgehead atoms. The molecular formula is C16H29N3O. The number of ether oxygens (including phenoxy) is 1. The number of rotatable bonds is 8. The molecule has 1 atom stereocenters. The summed E-state index contributed by atoms with van der Waals surface area (Å²) in [7, 11) is 8.02. The fourth-order valence-electron chi connectivity index (χ4n) is 2.33. The van der Waals surface area contributed by atoms with E-state index in [2.05, 4.69) is 50.0 Å². The number of nitrogens with two attached hydrogens (primary N) is 1. The molecule has 114 valence electrons. The van der Waals surface area contributed by atoms with Crippen molar-refractivity contribution in [1.82, 2.24) is 9.80 Å². The van der Waals surface area contributed by atoms with Crippen molar-refractivity contribution in [3.8, 4) is 5.75 Å². The first-order valence-electron chi connectivity index (χ1n) is 7.17. The summed E-state index contributed by atoms with van der Waals surface area (Å²) in [5.41, 5.74) is 8.64. The average molecular weight is 279 g/mol. The zero-order chi connectivity index (χ0) is 15.1. The second-order valence-electron chi connectivity index (χ2n) is 5.77. The van der Waals surface area contributed by atoms with Gasteiger partial charge >= 0.3 is 0 Å². The molecule has 4 nitrogen and oxygen atoms in total. The Labute approximate surface area is 123 Å². The summed E-state index contributed by atoms with van der Waals surface area (Å²) in [6, 6.07) is 6.15. The van der Waals surface area contributed by atoms with Gasteiger partial charge in [0.25, 0.3) is 0 Å². The third kappa shape index (κ3) is 5.49. The van der Waals surface area contributed by atoms with Crippen LogP contribution in [-0.4, -0.2) is 57.7 Å². The molecule has 0 aliphatic rings. The van der Waals surface area contributed by atoms with Crippen LogP contribution in [-0.2, 0) is 0 Å². The lowest BCUT2D eigenvalue weighted by molar-refractivity contribution is 0.284. The molecule has 0 spiro atoms. The topological polar surface area (TPSA) is 41.7 Å². The molecule has 0 aromatic heterocycles. The molecule has 0 aliphatic carbocycles. The molecule has 20 heavy (non-hydrogen) atoms. The fourth-order valence-corrected chi connectivity index (χ4v) is 2.33. The Bertz CT molecular complexity index is 407. The second-order valence-corrected chi connectivity index (χ2v) is 5.77. The Morgan fingerprint density at radius 3 is 2.50 bits per heavy atom. The standard InChI is InChI=1S/C16H29N3O/c1-13-7-8-16(20-5)14(11-13)15(17)12-19(4)10-6-9-18(2)3/h7-8,11,15H,6,9-10,12,17H2,1-5H3. The highest BCUT2D eigenvalue weighted by atomic mass is 16.5. The van der Waals surface area contributed by atoms with Crippen LogP contribution < -0.4 is 10.5 Å². The largest absolute Gasteiger partial charge is 0.496 e. The van der Waals surface area contributed by atoms with Crippen LogP contribution >= 0.6 is 0 Å². The van der Waals surface area contributed by atoms with E-state index in [1.165, 1.54) is 5.56 Å². The van der Waals surface area contributed by atoms with Gasteiger partial charge in [-0.1, -0.05) is 17.7 Å². The number of nitrogens with zero attached hydrogens (tertiary/aromatic N) is 2. The Kier molecular flexibility index (Phi) is 6.99. The van der Waals surface area contributed by atoms with Gasteiger partial charge < -0.3 is 20.3 Å². The van der Waals surface area contributed by atoms with E-state index >= 15 is 0 Å². The Morgan fingerprint density at radius 2 is 1.90 bits per heavy atom. The van der Waals surface area contributed by atoms with Crippen molar-refractivity contribution in [3.05, 3.63) is 29.3 Å². The molecule has 0 saturated heterocycles. The molecular weight excluding hydrogens is 250 g/mol. The maximum atomic E-state index is 6.34. The molecule has 1 aromatic carbocycles. The molecule has 0 amide bonds. The summed E-state index contributed by atoms with van der Waals surface area (Å²) in [5, 5.41) is 0. The maximum Gasteiger partial charge on any atom is 0.123 e. The monoisotopic (exact) mass is 279 g/mol. The van der Waals surface area contributed by atoms with Crippen LogP contribution in [0, 0.1) is 6.92 Å². The molecule has 1 aromatic rings. The van der Waals surface area contributed by atoms with Crippen molar-refractivity contribution in [1.29, 1.82) is 0 Å². The zero-order valence-corrected chi connectivity index (χ0v) is 13.5. The summed E-state index contributed by atoms with van der Waals surface area (Å²) in [5.74, 6) is 0.879. The number of aryl methyl sites for hydroxylation is 1. The number of hydrogen-bond donors (Lipinski definition) is 1. The predicted molar refractivity (Wildman–Crippen MR) is 85.3 cm³/mol. The minimum absolute atomic E-state index is 0.0193. The summed E-state index contributed by atoms with van der Waals surface area (Å²) in [4.78, 5) is 4.49. The van der Waals surface area contributed by atoms with Crippen LogP contribution in [0.5, 0.6) is 5.75 Å². The Balaban J connectivity index is 2.57. The van der Waals surface area contributed by atoms with E-state index in [1.54, 1.807) is 7.11 Å². The first-order chi connectivity index (χ1) is 9.43. The van der Waals surface area contributed by atoms with E-state index in [-0.39, 0.29) is 6.04 Å². The van der Waals surface area contributed by atoms with E-state index in [9.17, 15) is 0 Å². The maximum absolute atomic E-state index is 6.34. The minimum atomic E-state index is -0.0193. The van der Waals surface area contributed by atoms with Gasteiger partial charge in [0.15, 0.2) is 0 Å². The van der Waals surface area contributed by atoms with Gasteiger partial charge in [-0.25, -0.2) is 0 Å². The number of likely N-dealkylation sites (N-methyl/N-ethyl adjacent to an activating group) is 1. The molecule has 1 unspecified atom stereocenters. The lowest BCUT2D eigenvalue weighted by Crippen LogP contribution is -2.31. The van der Waals surface area contributed by atoms with Crippen LogP contribution in [0.2, 0.25) is 0 Å². The van der Waals surface area contributed by atoms with E-state index in [0.29, 0.717) is 0 Å². The molecule has 2 N–H and O–H groups in total. The normalized spacial score (nSPS) is 13.0. The van der Waals surface area contributed by atoms with Crippen LogP contribution in [0.25, 0.3) is 0 Å². The van der Waals surface area contributed by atoms with Gasteiger partial charge in [0.05, 0.1) is 7.11 Å². The van der Waals surface area contributed by atoms with Crippen LogP contribution in [0.4, 0.5) is 0 Å². The van der Waals surface area contributed by atoms with Crippen molar-refractivity contribution < 1.29 is 4.74 Å². The average Bonchev–Trinajstić information content (AvgIpc) is 2.38. The predicted octanol–water partition coefficient (Wildman–Crippen LogP) is 1.89. The molecule has 4 heteroatoms. The highest BCUT2D eigenvalue weighted by molar-refractivity contribution is 5.39. The summed E-state index contributed by atoms with van der Waals surface area (Å²) in [6.45, 7) is 5.08. The van der Waals surface area contributed by atoms with Crippen LogP contribution in [0.15, 0.2) is 18.2 Å². The Morgan fingerprint density at radius 1 is 1.20 bits per heavy atom. The lowest BCUT2D eigenvalue weighted by Gasteiger charge is -2.23. The van der Waals surface area contributed by atoms with Gasteiger partial charge in [-0.15, -0.1) is 0 Å². The van der Waals surface area contributed by atoms with Crippen molar-refractivity contribution in [2.24, 2.45) is 5.73 Å². The lowest BCUT2D eigenvalue weighted by atomic mass is 10.0. The summed E-state index contributed by atoms with van der Waals surface area (Å²) < 4.78 is 5.41. The molecule has 0 heterocycles. The van der Waals surface area contributed by atoms with Gasteiger partial charge in [-0.05, 0) is 53.6 Å². The van der Waals surface area contributed by atoms with E-state index in [4.69, 9.17) is 10.5 Å². The van der Waals surface area contributed by atoms with E-state index < -0.39 is 0 Å². The number of methoxy groups -OCH3 is 1. The highest BCUT2D eigenvalue weighted by Crippen LogP contribution is 2.25. The minimum Gasteiger partial charge on any atom is -0.496 e. The molecule has 0 radical (unpaired) electrons. The Hall–Kier alpha value is -1.10. The van der Waals surface area contributed by atoms with Gasteiger partial charge in [0, 0.05) is 18.2 Å². The van der Waals surface area contributed by atoms with Gasteiger partial charge in [0.1, 0.15) is 5.75 Å². The van der Waals surface area contributed by atoms with Crippen molar-refractivity contribution >= 4 is 0 Å². The SMILES string of the molecule is COc1ccc(C)cc1C(N)CN(C)CCCN(C)C. The van der Waals surface area contributed by atoms with E-state index in [0.717, 1.165) is 37.4 Å². The van der Waals surface area contributed by atoms with Crippen molar-refractivity contribution in [2.75, 3.05) is 47.9 Å². The van der Waals surface area contributed by atoms with Gasteiger partial charge in [-0.2, -0.15) is 0 Å². The van der Waals surface area contributed by atoms with Gasteiger partial charge in [-0.3, -0.25) is 0 Å². The third-order valence-corrected chi connectivity index (χ3v) is 3.44. The first kappa shape index (κ1) is 17.0. The molecule has 0 fully saturated rings. The first-order valence-corrected chi connectivity index (χ1v) is 7.17. The third-order valence-electron chi connectivity index (χ3n) is 3.44. The summed E-state index contributed by atoms with van der Waals surface area (Å²) >= 11 is 0. The van der Waals surface area contributed by atoms with Crippen LogP contribution in [0.1, 0.15) is 23.6 Å². The smallest absolute Gasteiger partial charge is 0.123 e. The molecule has 0 saturated carbocycles. The highest BCUT2D eigenvalue weighted by Gasteiger charge is 2.14. The quantitative estimate of drug-likeness (QED) is 0.789. The number of benzene rings is 1. The summed E-state index contributed by atoms with van der Waals surface area (Å²) in [6.07, 6.45) is 1.15. The van der Waals surface area contributed by atoms with Crippen molar-refractivity contribution in [2.45, 2.75) is 19.4 Å². The van der Waals surface area contributed by atoms with E-state index in [1.807, 2.05) is 6.07 Å². The second kappa shape index (κ2) is 8.25. The van der Waals surface area contributed by atoms with Gasteiger partial charge in [0.2, 0.25) is 0 Å². The zero-order valence-electron chi connectivity index (χ0n) is 13.5. The number of hydrogen-bond acceptors (Lipinski definition) is 4. The molecule has 0 aliphatic heterocycles. The fraction of sp³-hybridized carbons (Fsp3) is 0.625. The van der Waals surface area contributed by atoms with Crippen molar-refractivity contribution in [3.63, 3.8) is 0 Å².